The van der Waals surface area contributed by atoms with Crippen molar-refractivity contribution >= 4 is 0 Å². The third-order valence-electron chi connectivity index (χ3n) is 2.46. The lowest BCUT2D eigenvalue weighted by Crippen LogP contribution is -1.88. The number of pyridine rings is 1. The molecular formula is C12H15N3O2. The SMILES string of the molecule is OCCCCCc1nc(-c2ccncc2)no1. The zero-order valence-corrected chi connectivity index (χ0v) is 9.54. The van der Waals surface area contributed by atoms with Crippen LogP contribution in [-0.4, -0.2) is 26.8 Å². The summed E-state index contributed by atoms with van der Waals surface area (Å²) in [5, 5.41) is 12.6. The molecule has 0 bridgehead atoms. The van der Waals surface area contributed by atoms with Crippen molar-refractivity contribution in [2.24, 2.45) is 0 Å². The number of rotatable bonds is 6. The predicted octanol–water partition coefficient (Wildman–Crippen LogP) is 1.84. The maximum Gasteiger partial charge on any atom is 0.226 e. The van der Waals surface area contributed by atoms with Crippen LogP contribution in [0, 0.1) is 0 Å². The van der Waals surface area contributed by atoms with Crippen LogP contribution >= 0.6 is 0 Å². The summed E-state index contributed by atoms with van der Waals surface area (Å²) < 4.78 is 5.16. The van der Waals surface area contributed by atoms with Crippen molar-refractivity contribution in [2.45, 2.75) is 25.7 Å². The van der Waals surface area contributed by atoms with Gasteiger partial charge in [0.1, 0.15) is 0 Å². The van der Waals surface area contributed by atoms with E-state index in [9.17, 15) is 0 Å². The molecule has 0 aromatic carbocycles. The number of aliphatic hydroxyl groups is 1. The summed E-state index contributed by atoms with van der Waals surface area (Å²) in [7, 11) is 0. The maximum atomic E-state index is 8.66. The lowest BCUT2D eigenvalue weighted by molar-refractivity contribution is 0.281. The van der Waals surface area contributed by atoms with Gasteiger partial charge in [-0.3, -0.25) is 4.98 Å². The Morgan fingerprint density at radius 2 is 1.94 bits per heavy atom. The Labute approximate surface area is 99.5 Å². The summed E-state index contributed by atoms with van der Waals surface area (Å²) in [6.07, 6.45) is 6.92. The van der Waals surface area contributed by atoms with E-state index in [1.807, 2.05) is 12.1 Å². The fourth-order valence-corrected chi connectivity index (χ4v) is 1.54. The van der Waals surface area contributed by atoms with Gasteiger partial charge in [0.15, 0.2) is 0 Å². The van der Waals surface area contributed by atoms with Crippen molar-refractivity contribution in [3.63, 3.8) is 0 Å². The molecule has 0 aliphatic carbocycles. The monoisotopic (exact) mass is 233 g/mol. The minimum Gasteiger partial charge on any atom is -0.396 e. The highest BCUT2D eigenvalue weighted by Crippen LogP contribution is 2.15. The number of aliphatic hydroxyl groups excluding tert-OH is 1. The van der Waals surface area contributed by atoms with Crippen LogP contribution in [0.15, 0.2) is 29.0 Å². The lowest BCUT2D eigenvalue weighted by atomic mass is 10.2. The molecule has 90 valence electrons. The number of hydrogen-bond acceptors (Lipinski definition) is 5. The number of aromatic nitrogens is 3. The quantitative estimate of drug-likeness (QED) is 0.771. The minimum atomic E-state index is 0.242. The van der Waals surface area contributed by atoms with Gasteiger partial charge in [0.2, 0.25) is 11.7 Å². The topological polar surface area (TPSA) is 72.0 Å². The molecule has 5 nitrogen and oxygen atoms in total. The van der Waals surface area contributed by atoms with Crippen LogP contribution in [0.4, 0.5) is 0 Å². The van der Waals surface area contributed by atoms with Crippen molar-refractivity contribution in [2.75, 3.05) is 6.61 Å². The zero-order chi connectivity index (χ0) is 11.9. The highest BCUT2D eigenvalue weighted by atomic mass is 16.5. The molecule has 0 aliphatic rings. The minimum absolute atomic E-state index is 0.242. The first-order valence-electron chi connectivity index (χ1n) is 5.74. The van der Waals surface area contributed by atoms with E-state index in [1.54, 1.807) is 12.4 Å². The van der Waals surface area contributed by atoms with E-state index in [0.29, 0.717) is 11.7 Å². The first-order chi connectivity index (χ1) is 8.40. The van der Waals surface area contributed by atoms with Gasteiger partial charge < -0.3 is 9.63 Å². The molecule has 0 saturated heterocycles. The van der Waals surface area contributed by atoms with Crippen LogP contribution in [-0.2, 0) is 6.42 Å². The van der Waals surface area contributed by atoms with Crippen molar-refractivity contribution < 1.29 is 9.63 Å². The highest BCUT2D eigenvalue weighted by molar-refractivity contribution is 5.52. The normalized spacial score (nSPS) is 10.6. The van der Waals surface area contributed by atoms with Crippen LogP contribution in [0.2, 0.25) is 0 Å². The van der Waals surface area contributed by atoms with Crippen molar-refractivity contribution in [3.8, 4) is 11.4 Å². The third-order valence-corrected chi connectivity index (χ3v) is 2.46. The second kappa shape index (κ2) is 6.10. The summed E-state index contributed by atoms with van der Waals surface area (Å²) in [4.78, 5) is 8.25. The maximum absolute atomic E-state index is 8.66. The Balaban J connectivity index is 1.92. The Morgan fingerprint density at radius 3 is 2.71 bits per heavy atom. The first-order valence-corrected chi connectivity index (χ1v) is 5.74. The molecule has 5 heteroatoms. The Morgan fingerprint density at radius 1 is 1.12 bits per heavy atom. The fraction of sp³-hybridized carbons (Fsp3) is 0.417. The van der Waals surface area contributed by atoms with Gasteiger partial charge in [-0.25, -0.2) is 0 Å². The zero-order valence-electron chi connectivity index (χ0n) is 9.54. The van der Waals surface area contributed by atoms with E-state index >= 15 is 0 Å². The van der Waals surface area contributed by atoms with Crippen LogP contribution in [0.25, 0.3) is 11.4 Å². The lowest BCUT2D eigenvalue weighted by Gasteiger charge is -1.93. The van der Waals surface area contributed by atoms with Gasteiger partial charge in [0.05, 0.1) is 0 Å². The standard InChI is InChI=1S/C12H15N3O2/c16-9-3-1-2-4-11-14-12(15-17-11)10-5-7-13-8-6-10/h5-8,16H,1-4,9H2. The van der Waals surface area contributed by atoms with Crippen LogP contribution < -0.4 is 0 Å². The first kappa shape index (κ1) is 11.7. The molecule has 2 heterocycles. The van der Waals surface area contributed by atoms with E-state index in [4.69, 9.17) is 9.63 Å². The molecule has 2 aromatic rings. The van der Waals surface area contributed by atoms with Crippen molar-refractivity contribution in [1.82, 2.24) is 15.1 Å². The van der Waals surface area contributed by atoms with Gasteiger partial charge in [-0.05, 0) is 25.0 Å². The molecular weight excluding hydrogens is 218 g/mol. The van der Waals surface area contributed by atoms with E-state index in [-0.39, 0.29) is 6.61 Å². The summed E-state index contributed by atoms with van der Waals surface area (Å²) >= 11 is 0. The van der Waals surface area contributed by atoms with Crippen LogP contribution in [0.5, 0.6) is 0 Å². The molecule has 17 heavy (non-hydrogen) atoms. The third kappa shape index (κ3) is 3.35. The number of unbranched alkanes of at least 4 members (excludes halogenated alkanes) is 2. The van der Waals surface area contributed by atoms with E-state index in [0.717, 1.165) is 31.2 Å². The molecule has 0 saturated carbocycles. The predicted molar refractivity (Wildman–Crippen MR) is 62.2 cm³/mol. The fourth-order valence-electron chi connectivity index (χ4n) is 1.54. The average molecular weight is 233 g/mol. The molecule has 1 N–H and O–H groups in total. The molecule has 0 spiro atoms. The van der Waals surface area contributed by atoms with Crippen LogP contribution in [0.3, 0.4) is 0 Å². The van der Waals surface area contributed by atoms with E-state index in [1.165, 1.54) is 0 Å². The molecule has 0 unspecified atom stereocenters. The summed E-state index contributed by atoms with van der Waals surface area (Å²) in [5.41, 5.74) is 0.908. The van der Waals surface area contributed by atoms with Gasteiger partial charge in [0, 0.05) is 31.0 Å². The van der Waals surface area contributed by atoms with Gasteiger partial charge in [-0.1, -0.05) is 11.6 Å². The molecule has 0 fully saturated rings. The summed E-state index contributed by atoms with van der Waals surface area (Å²) in [6.45, 7) is 0.242. The number of hydrogen-bond donors (Lipinski definition) is 1. The summed E-state index contributed by atoms with van der Waals surface area (Å²) in [6, 6.07) is 3.70. The van der Waals surface area contributed by atoms with E-state index in [2.05, 4.69) is 15.1 Å². The van der Waals surface area contributed by atoms with Crippen molar-refractivity contribution in [3.05, 3.63) is 30.4 Å². The molecule has 0 amide bonds. The number of aryl methyl sites for hydroxylation is 1. The van der Waals surface area contributed by atoms with E-state index < -0.39 is 0 Å². The molecule has 2 rings (SSSR count). The van der Waals surface area contributed by atoms with Gasteiger partial charge in [-0.2, -0.15) is 4.98 Å². The van der Waals surface area contributed by atoms with Gasteiger partial charge >= 0.3 is 0 Å². The smallest absolute Gasteiger partial charge is 0.226 e. The molecule has 0 radical (unpaired) electrons. The molecule has 0 atom stereocenters. The van der Waals surface area contributed by atoms with Gasteiger partial charge in [-0.15, -0.1) is 0 Å². The van der Waals surface area contributed by atoms with Gasteiger partial charge in [0.25, 0.3) is 0 Å². The molecule has 0 aliphatic heterocycles. The second-order valence-electron chi connectivity index (χ2n) is 3.78. The van der Waals surface area contributed by atoms with Crippen LogP contribution in [0.1, 0.15) is 25.2 Å². The van der Waals surface area contributed by atoms with Crippen molar-refractivity contribution in [1.29, 1.82) is 0 Å². The second-order valence-corrected chi connectivity index (χ2v) is 3.78. The Kier molecular flexibility index (Phi) is 4.21. The largest absolute Gasteiger partial charge is 0.396 e. The Hall–Kier alpha value is -1.75. The summed E-state index contributed by atoms with van der Waals surface area (Å²) in [5.74, 6) is 1.25. The Bertz CT molecular complexity index is 442. The number of nitrogens with zero attached hydrogens (tertiary/aromatic N) is 3. The average Bonchev–Trinajstić information content (AvgIpc) is 2.85. The highest BCUT2D eigenvalue weighted by Gasteiger charge is 2.07. The molecule has 2 aromatic heterocycles.